The van der Waals surface area contributed by atoms with Gasteiger partial charge in [0.25, 0.3) is 0 Å². The number of halogens is 1. The van der Waals surface area contributed by atoms with Crippen LogP contribution in [0.25, 0.3) is 11.3 Å². The van der Waals surface area contributed by atoms with E-state index in [4.69, 9.17) is 9.15 Å². The van der Waals surface area contributed by atoms with Crippen LogP contribution in [0.3, 0.4) is 0 Å². The van der Waals surface area contributed by atoms with Gasteiger partial charge in [0.1, 0.15) is 5.75 Å². The van der Waals surface area contributed by atoms with Gasteiger partial charge in [0, 0.05) is 4.47 Å². The van der Waals surface area contributed by atoms with Crippen molar-refractivity contribution in [1.29, 1.82) is 0 Å². The van der Waals surface area contributed by atoms with Crippen molar-refractivity contribution in [2.75, 3.05) is 13.7 Å². The van der Waals surface area contributed by atoms with Crippen LogP contribution < -0.4 is 10.1 Å². The number of hydrogen-bond donors (Lipinski definition) is 1. The predicted molar refractivity (Wildman–Crippen MR) is 73.6 cm³/mol. The summed E-state index contributed by atoms with van der Waals surface area (Å²) >= 11 is 3.41. The molecule has 2 rings (SSSR count). The molecule has 5 heteroatoms. The van der Waals surface area contributed by atoms with Crippen LogP contribution in [0.5, 0.6) is 5.75 Å². The second-order valence-corrected chi connectivity index (χ2v) is 4.66. The van der Waals surface area contributed by atoms with E-state index in [1.807, 2.05) is 25.1 Å². The van der Waals surface area contributed by atoms with Crippen LogP contribution in [-0.2, 0) is 6.54 Å². The summed E-state index contributed by atoms with van der Waals surface area (Å²) in [4.78, 5) is 4.23. The first-order valence-electron chi connectivity index (χ1n) is 5.74. The molecular weight excluding hydrogens is 296 g/mol. The summed E-state index contributed by atoms with van der Waals surface area (Å²) in [6.45, 7) is 3.57. The molecule has 0 atom stereocenters. The summed E-state index contributed by atoms with van der Waals surface area (Å²) in [6.07, 6.45) is 1.72. The van der Waals surface area contributed by atoms with Crippen molar-refractivity contribution in [3.05, 3.63) is 34.8 Å². The van der Waals surface area contributed by atoms with Gasteiger partial charge in [0.05, 0.1) is 25.4 Å². The van der Waals surface area contributed by atoms with E-state index >= 15 is 0 Å². The minimum absolute atomic E-state index is 0.634. The molecule has 0 saturated carbocycles. The maximum Gasteiger partial charge on any atom is 0.208 e. The highest BCUT2D eigenvalue weighted by Crippen LogP contribution is 2.32. The number of nitrogens with one attached hydrogen (secondary N) is 1. The smallest absolute Gasteiger partial charge is 0.208 e. The molecular formula is C13H15BrN2O2. The van der Waals surface area contributed by atoms with Gasteiger partial charge in [-0.25, -0.2) is 4.98 Å². The number of hydrogen-bond acceptors (Lipinski definition) is 4. The van der Waals surface area contributed by atoms with Gasteiger partial charge in [0.15, 0.2) is 5.76 Å². The summed E-state index contributed by atoms with van der Waals surface area (Å²) < 4.78 is 12.0. The van der Waals surface area contributed by atoms with Crippen LogP contribution >= 0.6 is 15.9 Å². The Morgan fingerprint density at radius 1 is 1.44 bits per heavy atom. The predicted octanol–water partition coefficient (Wildman–Crippen LogP) is 3.22. The normalized spacial score (nSPS) is 10.6. The number of aromatic nitrogens is 1. The van der Waals surface area contributed by atoms with Gasteiger partial charge >= 0.3 is 0 Å². The first kappa shape index (κ1) is 13.1. The first-order valence-corrected chi connectivity index (χ1v) is 6.53. The fourth-order valence-electron chi connectivity index (χ4n) is 1.62. The molecule has 0 aliphatic rings. The third kappa shape index (κ3) is 2.91. The van der Waals surface area contributed by atoms with E-state index in [1.165, 1.54) is 0 Å². The average Bonchev–Trinajstić information content (AvgIpc) is 2.84. The molecule has 0 spiro atoms. The number of oxazole rings is 1. The molecule has 0 radical (unpaired) electrons. The van der Waals surface area contributed by atoms with E-state index in [0.717, 1.165) is 22.3 Å². The minimum atomic E-state index is 0.634. The lowest BCUT2D eigenvalue weighted by molar-refractivity contribution is 0.413. The monoisotopic (exact) mass is 310 g/mol. The van der Waals surface area contributed by atoms with Crippen LogP contribution in [-0.4, -0.2) is 18.6 Å². The lowest BCUT2D eigenvalue weighted by Crippen LogP contribution is -2.11. The van der Waals surface area contributed by atoms with E-state index in [9.17, 15) is 0 Å². The maximum absolute atomic E-state index is 5.69. The molecule has 0 saturated heterocycles. The quantitative estimate of drug-likeness (QED) is 0.921. The van der Waals surface area contributed by atoms with Gasteiger partial charge in [-0.2, -0.15) is 0 Å². The van der Waals surface area contributed by atoms with Crippen molar-refractivity contribution < 1.29 is 9.15 Å². The van der Waals surface area contributed by atoms with Crippen molar-refractivity contribution in [2.45, 2.75) is 13.5 Å². The van der Waals surface area contributed by atoms with Gasteiger partial charge in [-0.1, -0.05) is 22.9 Å². The molecule has 1 heterocycles. The second kappa shape index (κ2) is 6.02. The number of methoxy groups -OCH3 is 1. The zero-order chi connectivity index (χ0) is 13.0. The highest BCUT2D eigenvalue weighted by atomic mass is 79.9. The van der Waals surface area contributed by atoms with E-state index in [1.54, 1.807) is 13.3 Å². The molecule has 1 N–H and O–H groups in total. The molecule has 0 amide bonds. The summed E-state index contributed by atoms with van der Waals surface area (Å²) in [7, 11) is 1.64. The molecule has 0 fully saturated rings. The van der Waals surface area contributed by atoms with Gasteiger partial charge in [-0.05, 0) is 24.7 Å². The molecule has 0 bridgehead atoms. The van der Waals surface area contributed by atoms with Gasteiger partial charge in [-0.3, -0.25) is 0 Å². The zero-order valence-electron chi connectivity index (χ0n) is 10.4. The zero-order valence-corrected chi connectivity index (χ0v) is 12.0. The molecule has 0 aliphatic heterocycles. The van der Waals surface area contributed by atoms with Crippen molar-refractivity contribution in [2.24, 2.45) is 0 Å². The average molecular weight is 311 g/mol. The fraction of sp³-hybridized carbons (Fsp3) is 0.308. The Morgan fingerprint density at radius 3 is 3.00 bits per heavy atom. The Balaban J connectivity index is 2.28. The lowest BCUT2D eigenvalue weighted by Gasteiger charge is -2.06. The molecule has 2 aromatic rings. The lowest BCUT2D eigenvalue weighted by atomic mass is 10.1. The SMILES string of the molecule is CCNCc1ncc(-c2ccc(Br)cc2OC)o1. The third-order valence-electron chi connectivity index (χ3n) is 2.51. The van der Waals surface area contributed by atoms with Gasteiger partial charge < -0.3 is 14.5 Å². The van der Waals surface area contributed by atoms with Crippen LogP contribution in [0.4, 0.5) is 0 Å². The van der Waals surface area contributed by atoms with Gasteiger partial charge in [0.2, 0.25) is 5.89 Å². The molecule has 4 nitrogen and oxygen atoms in total. The van der Waals surface area contributed by atoms with E-state index in [-0.39, 0.29) is 0 Å². The van der Waals surface area contributed by atoms with E-state index < -0.39 is 0 Å². The molecule has 18 heavy (non-hydrogen) atoms. The van der Waals surface area contributed by atoms with Crippen LogP contribution in [0, 0.1) is 0 Å². The Bertz CT molecular complexity index is 525. The third-order valence-corrected chi connectivity index (χ3v) is 3.00. The number of ether oxygens (including phenoxy) is 1. The summed E-state index contributed by atoms with van der Waals surface area (Å²) in [5.74, 6) is 2.15. The highest BCUT2D eigenvalue weighted by molar-refractivity contribution is 9.10. The van der Waals surface area contributed by atoms with Gasteiger partial charge in [-0.15, -0.1) is 0 Å². The number of nitrogens with zero attached hydrogens (tertiary/aromatic N) is 1. The standard InChI is InChI=1S/C13H15BrN2O2/c1-3-15-8-13-16-7-12(18-13)10-5-4-9(14)6-11(10)17-2/h4-7,15H,3,8H2,1-2H3. The number of rotatable bonds is 5. The van der Waals surface area contributed by atoms with Crippen molar-refractivity contribution in [3.63, 3.8) is 0 Å². The van der Waals surface area contributed by atoms with E-state index in [0.29, 0.717) is 18.2 Å². The van der Waals surface area contributed by atoms with E-state index in [2.05, 4.69) is 26.2 Å². The molecule has 96 valence electrons. The highest BCUT2D eigenvalue weighted by Gasteiger charge is 2.11. The summed E-state index contributed by atoms with van der Waals surface area (Å²) in [5, 5.41) is 3.17. The largest absolute Gasteiger partial charge is 0.496 e. The van der Waals surface area contributed by atoms with Crippen molar-refractivity contribution in [1.82, 2.24) is 10.3 Å². The topological polar surface area (TPSA) is 47.3 Å². The Morgan fingerprint density at radius 2 is 2.28 bits per heavy atom. The molecule has 0 unspecified atom stereocenters. The van der Waals surface area contributed by atoms with Crippen molar-refractivity contribution in [3.8, 4) is 17.1 Å². The molecule has 1 aromatic carbocycles. The second-order valence-electron chi connectivity index (χ2n) is 3.74. The fourth-order valence-corrected chi connectivity index (χ4v) is 1.96. The van der Waals surface area contributed by atoms with Crippen LogP contribution in [0.2, 0.25) is 0 Å². The Labute approximate surface area is 114 Å². The summed E-state index contributed by atoms with van der Waals surface area (Å²) in [6, 6.07) is 5.80. The molecule has 0 aliphatic carbocycles. The summed E-state index contributed by atoms with van der Waals surface area (Å²) in [5.41, 5.74) is 0.899. The van der Waals surface area contributed by atoms with Crippen molar-refractivity contribution >= 4 is 15.9 Å². The maximum atomic E-state index is 5.69. The first-order chi connectivity index (χ1) is 8.74. The Kier molecular flexibility index (Phi) is 4.38. The van der Waals surface area contributed by atoms with Crippen LogP contribution in [0.1, 0.15) is 12.8 Å². The number of benzene rings is 1. The Hall–Kier alpha value is -1.33. The molecule has 1 aromatic heterocycles. The van der Waals surface area contributed by atoms with Crippen LogP contribution in [0.15, 0.2) is 33.3 Å². The minimum Gasteiger partial charge on any atom is -0.496 e.